The molecule has 0 saturated carbocycles. The van der Waals surface area contributed by atoms with Gasteiger partial charge in [-0.05, 0) is 61.3 Å². The molecule has 2 aliphatic heterocycles. The average molecular weight is 409 g/mol. The van der Waals surface area contributed by atoms with Crippen molar-refractivity contribution in [1.82, 2.24) is 9.80 Å². The van der Waals surface area contributed by atoms with Crippen LogP contribution >= 0.6 is 0 Å². The van der Waals surface area contributed by atoms with Gasteiger partial charge >= 0.3 is 0 Å². The molecule has 0 radical (unpaired) electrons. The molecule has 0 spiro atoms. The summed E-state index contributed by atoms with van der Waals surface area (Å²) in [6.07, 6.45) is 7.94. The van der Waals surface area contributed by atoms with Crippen molar-refractivity contribution in [2.45, 2.75) is 32.4 Å². The molecule has 4 rings (SSSR count). The Kier molecular flexibility index (Phi) is 7.05. The van der Waals surface area contributed by atoms with E-state index in [9.17, 15) is 10.2 Å². The Labute approximate surface area is 179 Å². The first-order valence-electron chi connectivity index (χ1n) is 11.0. The van der Waals surface area contributed by atoms with E-state index in [4.69, 9.17) is 4.74 Å². The molecule has 2 heterocycles. The second-order valence-corrected chi connectivity index (χ2v) is 8.33. The van der Waals surface area contributed by atoms with Gasteiger partial charge in [-0.15, -0.1) is 0 Å². The van der Waals surface area contributed by atoms with Crippen LogP contribution in [0.5, 0.6) is 11.5 Å². The van der Waals surface area contributed by atoms with Crippen molar-refractivity contribution >= 4 is 12.2 Å². The van der Waals surface area contributed by atoms with E-state index in [0.29, 0.717) is 11.5 Å². The highest BCUT2D eigenvalue weighted by Crippen LogP contribution is 2.25. The Bertz CT molecular complexity index is 797. The monoisotopic (exact) mass is 408 g/mol. The first kappa shape index (κ1) is 20.9. The summed E-state index contributed by atoms with van der Waals surface area (Å²) in [6.45, 7) is 7.05. The fourth-order valence-electron chi connectivity index (χ4n) is 4.22. The zero-order valence-corrected chi connectivity index (χ0v) is 17.6. The largest absolute Gasteiger partial charge is 0.508 e. The van der Waals surface area contributed by atoms with Crippen LogP contribution in [0.15, 0.2) is 36.4 Å². The molecule has 2 N–H and O–H groups in total. The molecule has 2 fully saturated rings. The van der Waals surface area contributed by atoms with Crippen molar-refractivity contribution in [2.24, 2.45) is 0 Å². The number of ether oxygens (including phenoxy) is 1. The lowest BCUT2D eigenvalue weighted by molar-refractivity contribution is 0.0339. The molecule has 0 unspecified atom stereocenters. The van der Waals surface area contributed by atoms with E-state index in [2.05, 4.69) is 34.1 Å². The molecule has 160 valence electrons. The van der Waals surface area contributed by atoms with Gasteiger partial charge in [0.05, 0.1) is 13.2 Å². The number of aromatic hydroxyl groups is 2. The standard InChI is InChI=1S/C25H32N2O3/c28-24-8-6-20(16-22(24)18-26-10-2-1-3-11-26)4-5-21-7-9-25(29)23(17-21)19-27-12-14-30-15-13-27/h4-9,16-17,28-29H,1-3,10-15,18-19H2/b5-4+. The number of nitrogens with zero attached hydrogens (tertiary/aromatic N) is 2. The molecule has 0 aromatic heterocycles. The first-order chi connectivity index (χ1) is 14.7. The lowest BCUT2D eigenvalue weighted by Gasteiger charge is -2.27. The first-order valence-corrected chi connectivity index (χ1v) is 11.0. The summed E-state index contributed by atoms with van der Waals surface area (Å²) >= 11 is 0. The van der Waals surface area contributed by atoms with E-state index in [1.165, 1.54) is 19.3 Å². The number of phenols is 2. The van der Waals surface area contributed by atoms with E-state index >= 15 is 0 Å². The number of morpholine rings is 1. The molecule has 2 aliphatic rings. The Balaban J connectivity index is 1.45. The van der Waals surface area contributed by atoms with E-state index in [1.54, 1.807) is 12.1 Å². The lowest BCUT2D eigenvalue weighted by Crippen LogP contribution is -2.35. The molecule has 2 aromatic rings. The third kappa shape index (κ3) is 5.63. The highest BCUT2D eigenvalue weighted by atomic mass is 16.5. The van der Waals surface area contributed by atoms with Crippen LogP contribution in [0.2, 0.25) is 0 Å². The topological polar surface area (TPSA) is 56.2 Å². The minimum Gasteiger partial charge on any atom is -0.508 e. The second kappa shape index (κ2) is 10.1. The average Bonchev–Trinajstić information content (AvgIpc) is 2.78. The number of hydrogen-bond acceptors (Lipinski definition) is 5. The molecule has 5 nitrogen and oxygen atoms in total. The van der Waals surface area contributed by atoms with Crippen molar-refractivity contribution in [3.8, 4) is 11.5 Å². The third-order valence-corrected chi connectivity index (χ3v) is 6.02. The maximum atomic E-state index is 10.3. The molecule has 0 aliphatic carbocycles. The van der Waals surface area contributed by atoms with Gasteiger partial charge < -0.3 is 14.9 Å². The fraction of sp³-hybridized carbons (Fsp3) is 0.440. The van der Waals surface area contributed by atoms with Crippen molar-refractivity contribution in [1.29, 1.82) is 0 Å². The number of rotatable bonds is 6. The highest BCUT2D eigenvalue weighted by molar-refractivity contribution is 5.71. The third-order valence-electron chi connectivity index (χ3n) is 6.02. The van der Waals surface area contributed by atoms with Gasteiger partial charge in [0.25, 0.3) is 0 Å². The van der Waals surface area contributed by atoms with Gasteiger partial charge in [-0.1, -0.05) is 30.7 Å². The highest BCUT2D eigenvalue weighted by Gasteiger charge is 2.14. The van der Waals surface area contributed by atoms with Crippen molar-refractivity contribution in [3.63, 3.8) is 0 Å². The SMILES string of the molecule is Oc1ccc(/C=C/c2ccc(O)c(CN3CCOCC3)c2)cc1CN1CCCCC1. The fourth-order valence-corrected chi connectivity index (χ4v) is 4.22. The smallest absolute Gasteiger partial charge is 0.120 e. The summed E-state index contributed by atoms with van der Waals surface area (Å²) < 4.78 is 5.41. The van der Waals surface area contributed by atoms with Crippen LogP contribution in [-0.2, 0) is 17.8 Å². The van der Waals surface area contributed by atoms with Crippen molar-refractivity contribution < 1.29 is 14.9 Å². The second-order valence-electron chi connectivity index (χ2n) is 8.33. The Morgan fingerprint density at radius 1 is 0.700 bits per heavy atom. The van der Waals surface area contributed by atoms with Crippen LogP contribution in [-0.4, -0.2) is 59.4 Å². The number of hydrogen-bond donors (Lipinski definition) is 2. The normalized spacial score (nSPS) is 18.8. The summed E-state index contributed by atoms with van der Waals surface area (Å²) in [5, 5.41) is 20.5. The Hall–Kier alpha value is -2.34. The summed E-state index contributed by atoms with van der Waals surface area (Å²) in [7, 11) is 0. The minimum atomic E-state index is 0.340. The van der Waals surface area contributed by atoms with Crippen LogP contribution < -0.4 is 0 Å². The van der Waals surface area contributed by atoms with Crippen molar-refractivity contribution in [3.05, 3.63) is 58.7 Å². The molecule has 30 heavy (non-hydrogen) atoms. The van der Waals surface area contributed by atoms with Crippen LogP contribution in [0.4, 0.5) is 0 Å². The molecule has 0 amide bonds. The predicted molar refractivity (Wildman–Crippen MR) is 120 cm³/mol. The Morgan fingerprint density at radius 3 is 1.73 bits per heavy atom. The van der Waals surface area contributed by atoms with Crippen LogP contribution in [0.1, 0.15) is 41.5 Å². The molecular formula is C25H32N2O3. The molecule has 2 aromatic carbocycles. The van der Waals surface area contributed by atoms with Crippen LogP contribution in [0.25, 0.3) is 12.2 Å². The summed E-state index contributed by atoms with van der Waals surface area (Å²) in [4.78, 5) is 4.73. The Morgan fingerprint density at radius 2 is 1.20 bits per heavy atom. The van der Waals surface area contributed by atoms with Gasteiger partial charge in [-0.25, -0.2) is 0 Å². The van der Waals surface area contributed by atoms with Crippen LogP contribution in [0, 0.1) is 0 Å². The summed E-state index contributed by atoms with van der Waals surface area (Å²) in [6, 6.07) is 11.6. The van der Waals surface area contributed by atoms with E-state index in [-0.39, 0.29) is 0 Å². The molecular weight excluding hydrogens is 376 g/mol. The van der Waals surface area contributed by atoms with Gasteiger partial charge in [0, 0.05) is 37.3 Å². The predicted octanol–water partition coefficient (Wildman–Crippen LogP) is 4.09. The minimum absolute atomic E-state index is 0.340. The maximum Gasteiger partial charge on any atom is 0.120 e. The quantitative estimate of drug-likeness (QED) is 0.705. The van der Waals surface area contributed by atoms with Gasteiger partial charge in [0.2, 0.25) is 0 Å². The van der Waals surface area contributed by atoms with Gasteiger partial charge in [-0.3, -0.25) is 9.80 Å². The zero-order valence-electron chi connectivity index (χ0n) is 17.6. The summed E-state index contributed by atoms with van der Waals surface area (Å²) in [5.74, 6) is 0.710. The van der Waals surface area contributed by atoms with E-state index in [1.807, 2.05) is 12.1 Å². The van der Waals surface area contributed by atoms with Gasteiger partial charge in [0.15, 0.2) is 0 Å². The number of likely N-dealkylation sites (tertiary alicyclic amines) is 1. The zero-order chi connectivity index (χ0) is 20.8. The van der Waals surface area contributed by atoms with Gasteiger partial charge in [-0.2, -0.15) is 0 Å². The molecule has 0 bridgehead atoms. The van der Waals surface area contributed by atoms with Crippen LogP contribution in [0.3, 0.4) is 0 Å². The lowest BCUT2D eigenvalue weighted by atomic mass is 10.0. The van der Waals surface area contributed by atoms with Gasteiger partial charge in [0.1, 0.15) is 11.5 Å². The van der Waals surface area contributed by atoms with Crippen molar-refractivity contribution in [2.75, 3.05) is 39.4 Å². The number of phenolic OH excluding ortho intramolecular Hbond substituents is 2. The number of benzene rings is 2. The summed E-state index contributed by atoms with van der Waals surface area (Å²) in [5.41, 5.74) is 4.05. The molecule has 5 heteroatoms. The molecule has 0 atom stereocenters. The van der Waals surface area contributed by atoms with E-state index < -0.39 is 0 Å². The number of piperidine rings is 1. The maximum absolute atomic E-state index is 10.3. The van der Waals surface area contributed by atoms with E-state index in [0.717, 1.165) is 74.7 Å². The molecule has 2 saturated heterocycles.